The molecule has 0 radical (unpaired) electrons. The first-order valence-corrected chi connectivity index (χ1v) is 6.07. The minimum Gasteiger partial charge on any atom is -0.494 e. The summed E-state index contributed by atoms with van der Waals surface area (Å²) in [5.74, 6) is 0.705. The van der Waals surface area contributed by atoms with Gasteiger partial charge in [0.1, 0.15) is 5.75 Å². The molecule has 0 unspecified atom stereocenters. The summed E-state index contributed by atoms with van der Waals surface area (Å²) in [5, 5.41) is 0. The monoisotopic (exact) mass is 236 g/mol. The predicted molar refractivity (Wildman–Crippen MR) is 67.2 cm³/mol. The maximum absolute atomic E-state index is 11.2. The number of rotatable bonds is 7. The molecule has 0 saturated carbocycles. The summed E-state index contributed by atoms with van der Waals surface area (Å²) in [6, 6.07) is 7.88. The van der Waals surface area contributed by atoms with Crippen molar-refractivity contribution in [1.82, 2.24) is 0 Å². The summed E-state index contributed by atoms with van der Waals surface area (Å²) in [5.41, 5.74) is 1.21. The largest absolute Gasteiger partial charge is 0.494 e. The van der Waals surface area contributed by atoms with Gasteiger partial charge >= 0.3 is 5.97 Å². The van der Waals surface area contributed by atoms with Crippen LogP contribution in [0.15, 0.2) is 24.3 Å². The van der Waals surface area contributed by atoms with Crippen LogP contribution in [0, 0.1) is 6.92 Å². The van der Waals surface area contributed by atoms with E-state index in [1.807, 2.05) is 38.1 Å². The summed E-state index contributed by atoms with van der Waals surface area (Å²) in [6.07, 6.45) is 1.98. The summed E-state index contributed by atoms with van der Waals surface area (Å²) in [6.45, 7) is 5.07. The molecule has 0 amide bonds. The maximum Gasteiger partial charge on any atom is 0.305 e. The standard InChI is InChI=1S/C14H20O3/c1-3-10-17-14(15)5-4-11-16-13-8-6-12(2)7-9-13/h6-9H,3-5,10-11H2,1-2H3. The van der Waals surface area contributed by atoms with Crippen molar-refractivity contribution in [3.05, 3.63) is 29.8 Å². The van der Waals surface area contributed by atoms with E-state index in [9.17, 15) is 4.79 Å². The Hall–Kier alpha value is -1.51. The third-order valence-electron chi connectivity index (χ3n) is 2.28. The highest BCUT2D eigenvalue weighted by Crippen LogP contribution is 2.11. The van der Waals surface area contributed by atoms with Gasteiger partial charge in [-0.3, -0.25) is 4.79 Å². The fourth-order valence-electron chi connectivity index (χ4n) is 1.33. The third kappa shape index (κ3) is 5.95. The van der Waals surface area contributed by atoms with E-state index in [-0.39, 0.29) is 5.97 Å². The molecule has 94 valence electrons. The van der Waals surface area contributed by atoms with E-state index in [1.165, 1.54) is 5.56 Å². The maximum atomic E-state index is 11.2. The molecule has 17 heavy (non-hydrogen) atoms. The zero-order valence-electron chi connectivity index (χ0n) is 10.6. The van der Waals surface area contributed by atoms with Crippen molar-refractivity contribution in [3.63, 3.8) is 0 Å². The van der Waals surface area contributed by atoms with Crippen LogP contribution in [0.25, 0.3) is 0 Å². The second-order valence-electron chi connectivity index (χ2n) is 3.99. The SMILES string of the molecule is CCCOC(=O)CCCOc1ccc(C)cc1. The van der Waals surface area contributed by atoms with Crippen molar-refractivity contribution in [3.8, 4) is 5.75 Å². The Balaban J connectivity index is 2.11. The van der Waals surface area contributed by atoms with Gasteiger partial charge in [-0.05, 0) is 31.9 Å². The minimum atomic E-state index is -0.139. The van der Waals surface area contributed by atoms with Gasteiger partial charge in [-0.1, -0.05) is 24.6 Å². The number of benzene rings is 1. The van der Waals surface area contributed by atoms with Gasteiger partial charge in [-0.25, -0.2) is 0 Å². The molecule has 0 atom stereocenters. The Kier molecular flexibility index (Phi) is 6.15. The van der Waals surface area contributed by atoms with Gasteiger partial charge in [-0.2, -0.15) is 0 Å². The van der Waals surface area contributed by atoms with E-state index in [1.54, 1.807) is 0 Å². The molecule has 0 aromatic heterocycles. The van der Waals surface area contributed by atoms with Gasteiger partial charge in [0, 0.05) is 6.42 Å². The van der Waals surface area contributed by atoms with E-state index in [0.717, 1.165) is 12.2 Å². The van der Waals surface area contributed by atoms with Crippen molar-refractivity contribution >= 4 is 5.97 Å². The Morgan fingerprint density at radius 2 is 1.88 bits per heavy atom. The van der Waals surface area contributed by atoms with E-state index in [2.05, 4.69) is 0 Å². The van der Waals surface area contributed by atoms with Crippen molar-refractivity contribution in [2.75, 3.05) is 13.2 Å². The normalized spacial score (nSPS) is 10.0. The molecule has 0 bridgehead atoms. The molecule has 3 heteroatoms. The number of ether oxygens (including phenoxy) is 2. The second-order valence-corrected chi connectivity index (χ2v) is 3.99. The average molecular weight is 236 g/mol. The molecular weight excluding hydrogens is 216 g/mol. The zero-order chi connectivity index (χ0) is 12.5. The Labute approximate surface area is 103 Å². The van der Waals surface area contributed by atoms with Crippen LogP contribution in [0.5, 0.6) is 5.75 Å². The van der Waals surface area contributed by atoms with Crippen molar-refractivity contribution in [2.45, 2.75) is 33.1 Å². The Morgan fingerprint density at radius 3 is 2.53 bits per heavy atom. The number of hydrogen-bond acceptors (Lipinski definition) is 3. The lowest BCUT2D eigenvalue weighted by atomic mass is 10.2. The fourth-order valence-corrected chi connectivity index (χ4v) is 1.33. The highest BCUT2D eigenvalue weighted by atomic mass is 16.5. The smallest absolute Gasteiger partial charge is 0.305 e. The van der Waals surface area contributed by atoms with Crippen molar-refractivity contribution in [1.29, 1.82) is 0 Å². The zero-order valence-corrected chi connectivity index (χ0v) is 10.6. The molecule has 3 nitrogen and oxygen atoms in total. The number of carbonyl (C=O) groups is 1. The molecule has 0 aliphatic carbocycles. The van der Waals surface area contributed by atoms with Gasteiger partial charge in [0.15, 0.2) is 0 Å². The van der Waals surface area contributed by atoms with Gasteiger partial charge in [-0.15, -0.1) is 0 Å². The van der Waals surface area contributed by atoms with E-state index in [0.29, 0.717) is 26.1 Å². The first kappa shape index (κ1) is 13.6. The number of carbonyl (C=O) groups excluding carboxylic acids is 1. The van der Waals surface area contributed by atoms with Crippen LogP contribution in [-0.2, 0) is 9.53 Å². The Bertz CT molecular complexity index is 330. The van der Waals surface area contributed by atoms with Gasteiger partial charge in [0.2, 0.25) is 0 Å². The topological polar surface area (TPSA) is 35.5 Å². The summed E-state index contributed by atoms with van der Waals surface area (Å²) >= 11 is 0. The molecule has 1 rings (SSSR count). The van der Waals surface area contributed by atoms with Crippen LogP contribution in [0.1, 0.15) is 31.7 Å². The quantitative estimate of drug-likeness (QED) is 0.539. The van der Waals surface area contributed by atoms with Gasteiger partial charge < -0.3 is 9.47 Å². The lowest BCUT2D eigenvalue weighted by Crippen LogP contribution is -2.07. The van der Waals surface area contributed by atoms with Crippen molar-refractivity contribution < 1.29 is 14.3 Å². The van der Waals surface area contributed by atoms with E-state index >= 15 is 0 Å². The summed E-state index contributed by atoms with van der Waals surface area (Å²) < 4.78 is 10.5. The molecule has 0 fully saturated rings. The molecular formula is C14H20O3. The molecule has 0 saturated heterocycles. The molecule has 1 aromatic carbocycles. The van der Waals surface area contributed by atoms with Crippen LogP contribution in [0.4, 0.5) is 0 Å². The highest BCUT2D eigenvalue weighted by Gasteiger charge is 2.01. The first-order valence-electron chi connectivity index (χ1n) is 6.07. The highest BCUT2D eigenvalue weighted by molar-refractivity contribution is 5.69. The lowest BCUT2D eigenvalue weighted by molar-refractivity contribution is -0.143. The number of esters is 1. The fraction of sp³-hybridized carbons (Fsp3) is 0.500. The molecule has 0 aliphatic heterocycles. The molecule has 1 aromatic rings. The van der Waals surface area contributed by atoms with Crippen LogP contribution in [0.3, 0.4) is 0 Å². The summed E-state index contributed by atoms with van der Waals surface area (Å²) in [4.78, 5) is 11.2. The molecule has 0 aliphatic rings. The molecule has 0 heterocycles. The number of aryl methyl sites for hydroxylation is 1. The minimum absolute atomic E-state index is 0.139. The third-order valence-corrected chi connectivity index (χ3v) is 2.28. The first-order chi connectivity index (χ1) is 8.22. The summed E-state index contributed by atoms with van der Waals surface area (Å²) in [7, 11) is 0. The molecule has 0 N–H and O–H groups in total. The van der Waals surface area contributed by atoms with Gasteiger partial charge in [0.05, 0.1) is 13.2 Å². The van der Waals surface area contributed by atoms with Crippen LogP contribution >= 0.6 is 0 Å². The van der Waals surface area contributed by atoms with Crippen LogP contribution in [-0.4, -0.2) is 19.2 Å². The van der Waals surface area contributed by atoms with Gasteiger partial charge in [0.25, 0.3) is 0 Å². The van der Waals surface area contributed by atoms with E-state index in [4.69, 9.17) is 9.47 Å². The van der Waals surface area contributed by atoms with Crippen molar-refractivity contribution in [2.24, 2.45) is 0 Å². The predicted octanol–water partition coefficient (Wildman–Crippen LogP) is 3.11. The molecule has 0 spiro atoms. The Morgan fingerprint density at radius 1 is 1.18 bits per heavy atom. The van der Waals surface area contributed by atoms with E-state index < -0.39 is 0 Å². The average Bonchev–Trinajstić information content (AvgIpc) is 2.34. The number of hydrogen-bond donors (Lipinski definition) is 0. The van der Waals surface area contributed by atoms with Crippen LogP contribution in [0.2, 0.25) is 0 Å². The second kappa shape index (κ2) is 7.71. The van der Waals surface area contributed by atoms with Crippen LogP contribution < -0.4 is 4.74 Å². The lowest BCUT2D eigenvalue weighted by Gasteiger charge is -2.06.